The molecule has 7 nitrogen and oxygen atoms in total. The number of sulfonamides is 1. The summed E-state index contributed by atoms with van der Waals surface area (Å²) in [5.74, 6) is 0.0508. The first-order chi connectivity index (χ1) is 9.80. The van der Waals surface area contributed by atoms with Crippen molar-refractivity contribution in [2.45, 2.75) is 24.8 Å². The Kier molecular flexibility index (Phi) is 5.98. The molecule has 21 heavy (non-hydrogen) atoms. The molecule has 1 aromatic rings. The summed E-state index contributed by atoms with van der Waals surface area (Å²) in [5, 5.41) is 0. The lowest BCUT2D eigenvalue weighted by molar-refractivity contribution is -0.145. The second kappa shape index (κ2) is 7.28. The molecule has 1 rings (SSSR count). The van der Waals surface area contributed by atoms with E-state index in [2.05, 4.69) is 4.72 Å². The van der Waals surface area contributed by atoms with Crippen LogP contribution in [0, 0.1) is 0 Å². The molecule has 0 aromatic heterocycles. The SMILES string of the molecule is COc1ccc(S(=O)(=O)NCC(=O)OC(C)C)cc1OC. The van der Waals surface area contributed by atoms with Crippen LogP contribution in [0.15, 0.2) is 23.1 Å². The predicted octanol–water partition coefficient (Wildman–Crippen LogP) is 0.934. The van der Waals surface area contributed by atoms with Gasteiger partial charge < -0.3 is 14.2 Å². The van der Waals surface area contributed by atoms with Gasteiger partial charge in [0.1, 0.15) is 6.54 Å². The van der Waals surface area contributed by atoms with Crippen molar-refractivity contribution in [1.82, 2.24) is 4.72 Å². The van der Waals surface area contributed by atoms with Crippen molar-refractivity contribution in [1.29, 1.82) is 0 Å². The lowest BCUT2D eigenvalue weighted by atomic mass is 10.3. The Morgan fingerprint density at radius 1 is 1.19 bits per heavy atom. The van der Waals surface area contributed by atoms with Gasteiger partial charge in [-0.15, -0.1) is 0 Å². The fraction of sp³-hybridized carbons (Fsp3) is 0.462. The molecule has 0 spiro atoms. The summed E-state index contributed by atoms with van der Waals surface area (Å²) in [7, 11) is -0.980. The summed E-state index contributed by atoms with van der Waals surface area (Å²) in [5.41, 5.74) is 0. The van der Waals surface area contributed by atoms with Gasteiger partial charge in [-0.3, -0.25) is 4.79 Å². The van der Waals surface area contributed by atoms with E-state index in [4.69, 9.17) is 14.2 Å². The third-order valence-electron chi connectivity index (χ3n) is 2.44. The van der Waals surface area contributed by atoms with Crippen LogP contribution in [0.4, 0.5) is 0 Å². The number of rotatable bonds is 7. The minimum absolute atomic E-state index is 0.0301. The molecular weight excluding hydrogens is 298 g/mol. The average Bonchev–Trinajstić information content (AvgIpc) is 2.43. The molecule has 0 radical (unpaired) electrons. The molecule has 0 fully saturated rings. The third-order valence-corrected chi connectivity index (χ3v) is 3.84. The Labute approximate surface area is 124 Å². The maximum absolute atomic E-state index is 12.1. The van der Waals surface area contributed by atoms with Crippen LogP contribution in [0.3, 0.4) is 0 Å². The summed E-state index contributed by atoms with van der Waals surface area (Å²) in [6, 6.07) is 4.15. The van der Waals surface area contributed by atoms with Crippen molar-refractivity contribution >= 4 is 16.0 Å². The third kappa shape index (κ3) is 4.91. The number of hydrogen-bond donors (Lipinski definition) is 1. The van der Waals surface area contributed by atoms with Crippen molar-refractivity contribution in [3.8, 4) is 11.5 Å². The van der Waals surface area contributed by atoms with Crippen molar-refractivity contribution in [2.75, 3.05) is 20.8 Å². The highest BCUT2D eigenvalue weighted by molar-refractivity contribution is 7.89. The molecule has 1 N–H and O–H groups in total. The van der Waals surface area contributed by atoms with Crippen molar-refractivity contribution in [3.63, 3.8) is 0 Å². The number of nitrogens with one attached hydrogen (secondary N) is 1. The molecule has 118 valence electrons. The van der Waals surface area contributed by atoms with Gasteiger partial charge in [0.05, 0.1) is 25.2 Å². The Bertz CT molecular complexity index is 597. The van der Waals surface area contributed by atoms with E-state index in [0.717, 1.165) is 0 Å². The smallest absolute Gasteiger partial charge is 0.321 e. The van der Waals surface area contributed by atoms with Crippen LogP contribution in [-0.4, -0.2) is 41.3 Å². The van der Waals surface area contributed by atoms with E-state index in [1.807, 2.05) is 0 Å². The van der Waals surface area contributed by atoms with E-state index in [0.29, 0.717) is 5.75 Å². The molecule has 0 aliphatic carbocycles. The number of carbonyl (C=O) groups is 1. The summed E-state index contributed by atoms with van der Waals surface area (Å²) in [6.07, 6.45) is -0.303. The highest BCUT2D eigenvalue weighted by Crippen LogP contribution is 2.29. The molecule has 0 unspecified atom stereocenters. The summed E-state index contributed by atoms with van der Waals surface area (Å²) in [4.78, 5) is 11.3. The van der Waals surface area contributed by atoms with Gasteiger partial charge in [-0.1, -0.05) is 0 Å². The first-order valence-electron chi connectivity index (χ1n) is 6.21. The Balaban J connectivity index is 2.86. The fourth-order valence-electron chi connectivity index (χ4n) is 1.53. The van der Waals surface area contributed by atoms with E-state index < -0.39 is 22.5 Å². The zero-order valence-electron chi connectivity index (χ0n) is 12.4. The summed E-state index contributed by atoms with van der Waals surface area (Å²) >= 11 is 0. The van der Waals surface area contributed by atoms with Crippen LogP contribution in [0.25, 0.3) is 0 Å². The molecule has 0 amide bonds. The molecule has 0 bridgehead atoms. The monoisotopic (exact) mass is 317 g/mol. The van der Waals surface area contributed by atoms with Crippen LogP contribution < -0.4 is 14.2 Å². The first-order valence-corrected chi connectivity index (χ1v) is 7.69. The molecule has 0 saturated heterocycles. The Morgan fingerprint density at radius 3 is 2.33 bits per heavy atom. The maximum Gasteiger partial charge on any atom is 0.321 e. The predicted molar refractivity (Wildman–Crippen MR) is 76.0 cm³/mol. The van der Waals surface area contributed by atoms with Crippen LogP contribution in [0.1, 0.15) is 13.8 Å². The van der Waals surface area contributed by atoms with Gasteiger partial charge in [0.25, 0.3) is 0 Å². The quantitative estimate of drug-likeness (QED) is 0.752. The van der Waals surface area contributed by atoms with Gasteiger partial charge in [-0.2, -0.15) is 4.72 Å². The van der Waals surface area contributed by atoms with Crippen LogP contribution in [0.5, 0.6) is 11.5 Å². The minimum atomic E-state index is -3.84. The molecule has 0 aliphatic rings. The van der Waals surface area contributed by atoms with Crippen molar-refractivity contribution in [2.24, 2.45) is 0 Å². The topological polar surface area (TPSA) is 90.9 Å². The number of esters is 1. The number of benzene rings is 1. The lowest BCUT2D eigenvalue weighted by Gasteiger charge is -2.11. The van der Waals surface area contributed by atoms with Crippen LogP contribution >= 0.6 is 0 Å². The highest BCUT2D eigenvalue weighted by Gasteiger charge is 2.18. The summed E-state index contributed by atoms with van der Waals surface area (Å²) in [6.45, 7) is 2.93. The number of methoxy groups -OCH3 is 2. The van der Waals surface area contributed by atoms with Crippen molar-refractivity contribution < 1.29 is 27.4 Å². The molecule has 0 heterocycles. The van der Waals surface area contributed by atoms with E-state index in [1.54, 1.807) is 13.8 Å². The zero-order valence-corrected chi connectivity index (χ0v) is 13.2. The van der Waals surface area contributed by atoms with Crippen molar-refractivity contribution in [3.05, 3.63) is 18.2 Å². The van der Waals surface area contributed by atoms with E-state index in [-0.39, 0.29) is 16.7 Å². The highest BCUT2D eigenvalue weighted by atomic mass is 32.2. The standard InChI is InChI=1S/C13H19NO6S/c1-9(2)20-13(15)8-14-21(16,17)10-5-6-11(18-3)12(7-10)19-4/h5-7,9,14H,8H2,1-4H3. The van der Waals surface area contributed by atoms with Crippen LogP contribution in [0.2, 0.25) is 0 Å². The maximum atomic E-state index is 12.1. The molecule has 1 aromatic carbocycles. The Hall–Kier alpha value is -1.80. The van der Waals surface area contributed by atoms with Gasteiger partial charge in [0.2, 0.25) is 10.0 Å². The number of ether oxygens (including phenoxy) is 3. The first kappa shape index (κ1) is 17.3. The van der Waals surface area contributed by atoms with Gasteiger partial charge in [-0.05, 0) is 26.0 Å². The second-order valence-electron chi connectivity index (χ2n) is 4.38. The largest absolute Gasteiger partial charge is 0.493 e. The normalized spacial score (nSPS) is 11.3. The fourth-order valence-corrected chi connectivity index (χ4v) is 2.51. The molecule has 0 aliphatic heterocycles. The van der Waals surface area contributed by atoms with Gasteiger partial charge in [0, 0.05) is 6.07 Å². The molecule has 8 heteroatoms. The minimum Gasteiger partial charge on any atom is -0.493 e. The Morgan fingerprint density at radius 2 is 1.81 bits per heavy atom. The molecule has 0 atom stereocenters. The van der Waals surface area contributed by atoms with E-state index >= 15 is 0 Å². The zero-order chi connectivity index (χ0) is 16.0. The van der Waals surface area contributed by atoms with E-state index in [1.165, 1.54) is 32.4 Å². The number of hydrogen-bond acceptors (Lipinski definition) is 6. The second-order valence-corrected chi connectivity index (χ2v) is 6.15. The van der Waals surface area contributed by atoms with Crippen LogP contribution in [-0.2, 0) is 19.6 Å². The summed E-state index contributed by atoms with van der Waals surface area (Å²) < 4.78 is 41.2. The van der Waals surface area contributed by atoms with Gasteiger partial charge in [-0.25, -0.2) is 8.42 Å². The molecular formula is C13H19NO6S. The van der Waals surface area contributed by atoms with Gasteiger partial charge in [0.15, 0.2) is 11.5 Å². The number of carbonyl (C=O) groups excluding carboxylic acids is 1. The lowest BCUT2D eigenvalue weighted by Crippen LogP contribution is -2.31. The van der Waals surface area contributed by atoms with E-state index in [9.17, 15) is 13.2 Å². The molecule has 0 saturated carbocycles. The van der Waals surface area contributed by atoms with Gasteiger partial charge >= 0.3 is 5.97 Å². The average molecular weight is 317 g/mol.